The first-order valence-corrected chi connectivity index (χ1v) is 15.3. The average molecular weight is 503 g/mol. The third-order valence-corrected chi connectivity index (χ3v) is 11.8. The number of aliphatic carboxylic acids is 1. The lowest BCUT2D eigenvalue weighted by Crippen LogP contribution is -2.37. The molecule has 0 saturated carbocycles. The van der Waals surface area contributed by atoms with E-state index in [1.165, 1.54) is 0 Å². The monoisotopic (exact) mass is 502 g/mol. The third kappa shape index (κ3) is 9.06. The molecule has 2 aliphatic heterocycles. The molecule has 0 amide bonds. The predicted octanol–water partition coefficient (Wildman–Crippen LogP) is 5.35. The molecule has 2 N–H and O–H groups in total. The van der Waals surface area contributed by atoms with Gasteiger partial charge in [0.2, 0.25) is 0 Å². The lowest BCUT2D eigenvalue weighted by atomic mass is 9.87. The zero-order chi connectivity index (χ0) is 24.6. The molecule has 6 unspecified atom stereocenters. The van der Waals surface area contributed by atoms with Gasteiger partial charge in [0.15, 0.2) is 0 Å². The number of carbonyl (C=O) groups is 1. The van der Waals surface area contributed by atoms with Crippen LogP contribution in [0.2, 0.25) is 0 Å². The number of hydrogen-bond donors (Lipinski definition) is 2. The number of hydrogen-bond acceptors (Lipinski definition) is 4. The number of carboxylic acid groups (broad SMARTS) is 1. The molecule has 2 rings (SSSR count). The molecule has 0 radical (unpaired) electrons. The second-order valence-corrected chi connectivity index (χ2v) is 15.4. The van der Waals surface area contributed by atoms with Gasteiger partial charge in [-0.15, -0.1) is 0 Å². The van der Waals surface area contributed by atoms with Crippen LogP contribution in [-0.2, 0) is 27.1 Å². The van der Waals surface area contributed by atoms with E-state index in [1.54, 1.807) is 13.8 Å². The second-order valence-electron chi connectivity index (χ2n) is 11.5. The lowest BCUT2D eigenvalue weighted by Gasteiger charge is -2.34. The van der Waals surface area contributed by atoms with Crippen molar-refractivity contribution < 1.29 is 24.1 Å². The van der Waals surface area contributed by atoms with Crippen molar-refractivity contribution >= 4 is 28.3 Å². The van der Waals surface area contributed by atoms with E-state index in [0.717, 1.165) is 70.6 Å². The molecular weight excluding hydrogens is 456 g/mol. The first-order chi connectivity index (χ1) is 15.5. The number of carboxylic acids is 1. The van der Waals surface area contributed by atoms with Crippen LogP contribution in [0, 0.1) is 10.8 Å². The smallest absolute Gasteiger partial charge is 0.309 e. The van der Waals surface area contributed by atoms with Crippen molar-refractivity contribution in [1.82, 2.24) is 0 Å². The SMILES string of the molecule is CC(C)(CO)CCCC1CCCC(C=CC2CCCC(CCCC(C)(C)C(=O)O)[S+]2[O-])[S+]1[O-]. The van der Waals surface area contributed by atoms with Crippen LogP contribution in [0.4, 0.5) is 0 Å². The standard InChI is InChI=1S/C26H46O5S2/c1-25(2,19-27)17-7-13-20-9-5-11-22(32(20)30)15-16-23-12-6-10-21(33(23)31)14-8-18-26(3,4)24(28)29/h15-16,20-23,27H,5-14,17-19H2,1-4H3,(H,28,29). The summed E-state index contributed by atoms with van der Waals surface area (Å²) in [5, 5.41) is 19.2. The van der Waals surface area contributed by atoms with Gasteiger partial charge in [0.05, 0.1) is 5.41 Å². The van der Waals surface area contributed by atoms with E-state index in [4.69, 9.17) is 0 Å². The minimum Gasteiger partial charge on any atom is -0.616 e. The van der Waals surface area contributed by atoms with Crippen LogP contribution in [0.3, 0.4) is 0 Å². The molecule has 2 saturated heterocycles. The maximum absolute atomic E-state index is 13.1. The van der Waals surface area contributed by atoms with Crippen molar-refractivity contribution in [2.24, 2.45) is 10.8 Å². The fourth-order valence-electron chi connectivity index (χ4n) is 4.93. The Labute approximate surface area is 207 Å². The quantitative estimate of drug-likeness (QED) is 0.276. The molecule has 2 heterocycles. The van der Waals surface area contributed by atoms with Crippen LogP contribution in [0.25, 0.3) is 0 Å². The van der Waals surface area contributed by atoms with Gasteiger partial charge in [-0.25, -0.2) is 0 Å². The minimum absolute atomic E-state index is 0.0268. The van der Waals surface area contributed by atoms with E-state index >= 15 is 0 Å². The summed E-state index contributed by atoms with van der Waals surface area (Å²) in [7, 11) is 0. The minimum atomic E-state index is -0.952. The van der Waals surface area contributed by atoms with E-state index in [2.05, 4.69) is 26.0 Å². The number of aliphatic hydroxyl groups excluding tert-OH is 1. The van der Waals surface area contributed by atoms with Crippen molar-refractivity contribution in [3.63, 3.8) is 0 Å². The van der Waals surface area contributed by atoms with Crippen LogP contribution in [-0.4, -0.2) is 52.9 Å². The van der Waals surface area contributed by atoms with Gasteiger partial charge in [-0.3, -0.25) is 4.79 Å². The van der Waals surface area contributed by atoms with Gasteiger partial charge in [0.1, 0.15) is 21.0 Å². The highest BCUT2D eigenvalue weighted by molar-refractivity contribution is 7.93. The highest BCUT2D eigenvalue weighted by atomic mass is 32.2. The van der Waals surface area contributed by atoms with Crippen LogP contribution >= 0.6 is 0 Å². The summed E-state index contributed by atoms with van der Waals surface area (Å²) in [5.41, 5.74) is -0.800. The Hall–Kier alpha value is -0.210. The van der Waals surface area contributed by atoms with Crippen LogP contribution in [0.5, 0.6) is 0 Å². The summed E-state index contributed by atoms with van der Waals surface area (Å²) in [6.07, 6.45) is 15.2. The molecular formula is C26H46O5S2. The molecule has 0 aromatic carbocycles. The van der Waals surface area contributed by atoms with Gasteiger partial charge in [-0.1, -0.05) is 13.8 Å². The molecule has 5 nitrogen and oxygen atoms in total. The largest absolute Gasteiger partial charge is 0.616 e. The third-order valence-electron chi connectivity index (χ3n) is 7.54. The van der Waals surface area contributed by atoms with Gasteiger partial charge < -0.3 is 19.3 Å². The van der Waals surface area contributed by atoms with E-state index in [-0.39, 0.29) is 33.0 Å². The first-order valence-electron chi connectivity index (χ1n) is 12.8. The second kappa shape index (κ2) is 13.2. The van der Waals surface area contributed by atoms with Crippen molar-refractivity contribution in [1.29, 1.82) is 0 Å². The number of aliphatic hydroxyl groups is 1. The summed E-state index contributed by atoms with van der Waals surface area (Å²) in [5.74, 6) is -0.774. The van der Waals surface area contributed by atoms with E-state index < -0.39 is 33.7 Å². The Morgan fingerprint density at radius 2 is 1.33 bits per heavy atom. The Kier molecular flexibility index (Phi) is 11.6. The van der Waals surface area contributed by atoms with Crippen molar-refractivity contribution in [3.05, 3.63) is 12.2 Å². The van der Waals surface area contributed by atoms with Gasteiger partial charge in [-0.05, 0) is 131 Å². The van der Waals surface area contributed by atoms with Crippen molar-refractivity contribution in [2.75, 3.05) is 6.61 Å². The normalized spacial score (nSPS) is 31.7. The molecule has 0 aromatic heterocycles. The fraction of sp³-hybridized carbons (Fsp3) is 0.885. The van der Waals surface area contributed by atoms with E-state index in [9.17, 15) is 24.1 Å². The molecule has 0 aliphatic carbocycles. The maximum Gasteiger partial charge on any atom is 0.309 e. The molecule has 2 fully saturated rings. The van der Waals surface area contributed by atoms with Crippen molar-refractivity contribution in [2.45, 2.75) is 126 Å². The lowest BCUT2D eigenvalue weighted by molar-refractivity contribution is -0.147. The Bertz CT molecular complexity index is 636. The first kappa shape index (κ1) is 29.0. The van der Waals surface area contributed by atoms with Crippen LogP contribution in [0.1, 0.15) is 105 Å². The summed E-state index contributed by atoms with van der Waals surface area (Å²) < 4.78 is 26.3. The van der Waals surface area contributed by atoms with Gasteiger partial charge in [-0.2, -0.15) is 0 Å². The van der Waals surface area contributed by atoms with E-state index in [1.807, 2.05) is 0 Å². The zero-order valence-electron chi connectivity index (χ0n) is 21.1. The molecule has 0 aromatic rings. The summed E-state index contributed by atoms with van der Waals surface area (Å²) in [6.45, 7) is 7.83. The summed E-state index contributed by atoms with van der Waals surface area (Å²) >= 11 is -1.85. The Morgan fingerprint density at radius 3 is 1.76 bits per heavy atom. The molecule has 0 bridgehead atoms. The molecule has 7 heteroatoms. The van der Waals surface area contributed by atoms with Crippen LogP contribution < -0.4 is 0 Å². The fourth-order valence-corrected chi connectivity index (χ4v) is 8.81. The predicted molar refractivity (Wildman–Crippen MR) is 138 cm³/mol. The molecule has 2 aliphatic rings. The topological polar surface area (TPSA) is 104 Å². The Morgan fingerprint density at radius 1 is 0.879 bits per heavy atom. The van der Waals surface area contributed by atoms with Gasteiger partial charge in [0, 0.05) is 6.61 Å². The van der Waals surface area contributed by atoms with Gasteiger partial charge in [0.25, 0.3) is 0 Å². The zero-order valence-corrected chi connectivity index (χ0v) is 22.7. The van der Waals surface area contributed by atoms with Crippen molar-refractivity contribution in [3.8, 4) is 0 Å². The van der Waals surface area contributed by atoms with Gasteiger partial charge >= 0.3 is 5.97 Å². The number of rotatable bonds is 12. The summed E-state index contributed by atoms with van der Waals surface area (Å²) in [4.78, 5) is 11.3. The molecule has 0 spiro atoms. The molecule has 33 heavy (non-hydrogen) atoms. The Balaban J connectivity index is 1.84. The molecule has 6 atom stereocenters. The summed E-state index contributed by atoms with van der Waals surface area (Å²) in [6, 6.07) is 0. The molecule has 192 valence electrons. The van der Waals surface area contributed by atoms with E-state index in [0.29, 0.717) is 6.42 Å². The highest BCUT2D eigenvalue weighted by Crippen LogP contribution is 2.35. The highest BCUT2D eigenvalue weighted by Gasteiger charge is 2.37. The average Bonchev–Trinajstić information content (AvgIpc) is 2.75. The van der Waals surface area contributed by atoms with Crippen LogP contribution in [0.15, 0.2) is 12.2 Å². The maximum atomic E-state index is 13.1.